The van der Waals surface area contributed by atoms with Gasteiger partial charge in [-0.05, 0) is 30.9 Å². The Morgan fingerprint density at radius 1 is 1.16 bits per heavy atom. The monoisotopic (exact) mass is 402 g/mol. The Kier molecular flexibility index (Phi) is 5.73. The molecule has 0 bridgehead atoms. The van der Waals surface area contributed by atoms with Crippen LogP contribution in [0.3, 0.4) is 0 Å². The highest BCUT2D eigenvalue weighted by Crippen LogP contribution is 2.31. The van der Waals surface area contributed by atoms with E-state index >= 15 is 0 Å². The van der Waals surface area contributed by atoms with Gasteiger partial charge in [-0.2, -0.15) is 4.31 Å². The number of amides is 1. The summed E-state index contributed by atoms with van der Waals surface area (Å²) in [5, 5.41) is 0.247. The predicted octanol–water partition coefficient (Wildman–Crippen LogP) is 3.18. The van der Waals surface area contributed by atoms with E-state index in [2.05, 4.69) is 12.2 Å². The first-order valence-corrected chi connectivity index (χ1v) is 10.5. The van der Waals surface area contributed by atoms with E-state index in [9.17, 15) is 13.2 Å². The van der Waals surface area contributed by atoms with Crippen molar-refractivity contribution in [1.82, 2.24) is 9.21 Å². The molecule has 3 rings (SSSR count). The second-order valence-electron chi connectivity index (χ2n) is 6.31. The fraction of sp³-hybridized carbons (Fsp3) is 0.471. The molecule has 0 N–H and O–H groups in total. The third-order valence-electron chi connectivity index (χ3n) is 4.67. The number of carbonyl (C=O) groups is 1. The molecule has 0 unspecified atom stereocenters. The van der Waals surface area contributed by atoms with Crippen molar-refractivity contribution in [1.29, 1.82) is 0 Å². The maximum atomic E-state index is 12.8. The maximum Gasteiger partial charge on any atom is 0.244 e. The van der Waals surface area contributed by atoms with Gasteiger partial charge in [0.05, 0.1) is 10.0 Å². The van der Waals surface area contributed by atoms with Crippen LogP contribution in [0.15, 0.2) is 35.2 Å². The van der Waals surface area contributed by atoms with E-state index in [1.807, 2.05) is 0 Å². The molecule has 1 aromatic carbocycles. The number of hydrogen-bond acceptors (Lipinski definition) is 3. The summed E-state index contributed by atoms with van der Waals surface area (Å²) in [7, 11) is -3.72. The maximum absolute atomic E-state index is 12.8. The third kappa shape index (κ3) is 4.03. The summed E-state index contributed by atoms with van der Waals surface area (Å²) < 4.78 is 26.9. The van der Waals surface area contributed by atoms with Crippen molar-refractivity contribution < 1.29 is 13.2 Å². The zero-order valence-corrected chi connectivity index (χ0v) is 16.0. The van der Waals surface area contributed by atoms with Crippen LogP contribution >= 0.6 is 23.2 Å². The topological polar surface area (TPSA) is 57.7 Å². The molecule has 136 valence electrons. The first kappa shape index (κ1) is 18.7. The van der Waals surface area contributed by atoms with E-state index < -0.39 is 10.0 Å². The fourth-order valence-electron chi connectivity index (χ4n) is 3.22. The van der Waals surface area contributed by atoms with E-state index in [1.165, 1.54) is 10.4 Å². The Hall–Kier alpha value is -1.08. The minimum Gasteiger partial charge on any atom is -0.340 e. The second kappa shape index (κ2) is 7.66. The first-order chi connectivity index (χ1) is 11.9. The van der Waals surface area contributed by atoms with Crippen LogP contribution < -0.4 is 0 Å². The normalized spacial score (nSPS) is 21.7. The molecule has 1 aliphatic heterocycles. The Morgan fingerprint density at radius 3 is 2.52 bits per heavy atom. The Morgan fingerprint density at radius 2 is 1.88 bits per heavy atom. The van der Waals surface area contributed by atoms with Crippen LogP contribution in [-0.4, -0.2) is 49.7 Å². The van der Waals surface area contributed by atoms with E-state index in [0.29, 0.717) is 25.4 Å². The summed E-state index contributed by atoms with van der Waals surface area (Å²) in [6.45, 7) is 1.31. The summed E-state index contributed by atoms with van der Waals surface area (Å²) in [6.07, 6.45) is 6.76. The number of sulfonamides is 1. The van der Waals surface area contributed by atoms with Crippen molar-refractivity contribution in [3.63, 3.8) is 0 Å². The van der Waals surface area contributed by atoms with Crippen LogP contribution in [0.2, 0.25) is 10.0 Å². The molecular formula is C17H20Cl2N2O3S. The van der Waals surface area contributed by atoms with Crippen LogP contribution in [0, 0.1) is 5.92 Å². The molecule has 0 radical (unpaired) electrons. The molecule has 2 aliphatic rings. The van der Waals surface area contributed by atoms with E-state index in [-0.39, 0.29) is 33.9 Å². The highest BCUT2D eigenvalue weighted by atomic mass is 35.5. The summed E-state index contributed by atoms with van der Waals surface area (Å²) in [5.74, 6) is 0.411. The van der Waals surface area contributed by atoms with Crippen molar-refractivity contribution in [3.8, 4) is 0 Å². The SMILES string of the molecule is O=C(C[C@H]1C=CCC1)N1CCN(S(=O)(=O)c2cccc(Cl)c2Cl)CC1. The fourth-order valence-corrected chi connectivity index (χ4v) is 5.38. The van der Waals surface area contributed by atoms with E-state index in [1.54, 1.807) is 17.0 Å². The lowest BCUT2D eigenvalue weighted by molar-refractivity contribution is -0.133. The quantitative estimate of drug-likeness (QED) is 0.726. The van der Waals surface area contributed by atoms with Gasteiger partial charge in [0.25, 0.3) is 0 Å². The molecule has 0 saturated carbocycles. The zero-order valence-electron chi connectivity index (χ0n) is 13.7. The van der Waals surface area contributed by atoms with Crippen LogP contribution in [0.25, 0.3) is 0 Å². The van der Waals surface area contributed by atoms with Crippen molar-refractivity contribution in [2.45, 2.75) is 24.2 Å². The molecule has 1 atom stereocenters. The number of halogens is 2. The molecule has 1 aliphatic carbocycles. The van der Waals surface area contributed by atoms with Gasteiger partial charge in [0, 0.05) is 32.6 Å². The molecule has 0 spiro atoms. The number of benzene rings is 1. The number of piperazine rings is 1. The lowest BCUT2D eigenvalue weighted by Crippen LogP contribution is -2.50. The third-order valence-corrected chi connectivity index (χ3v) is 7.55. The summed E-state index contributed by atoms with van der Waals surface area (Å²) in [5.41, 5.74) is 0. The van der Waals surface area contributed by atoms with Crippen LogP contribution in [0.4, 0.5) is 0 Å². The molecule has 1 heterocycles. The highest BCUT2D eigenvalue weighted by Gasteiger charge is 2.32. The second-order valence-corrected chi connectivity index (χ2v) is 9.00. The van der Waals surface area contributed by atoms with E-state index in [0.717, 1.165) is 12.8 Å². The smallest absolute Gasteiger partial charge is 0.244 e. The van der Waals surface area contributed by atoms with Gasteiger partial charge in [-0.25, -0.2) is 8.42 Å². The highest BCUT2D eigenvalue weighted by molar-refractivity contribution is 7.89. The lowest BCUT2D eigenvalue weighted by Gasteiger charge is -2.34. The number of allylic oxidation sites excluding steroid dienone is 2. The van der Waals surface area contributed by atoms with Gasteiger partial charge in [-0.15, -0.1) is 0 Å². The van der Waals surface area contributed by atoms with Crippen molar-refractivity contribution >= 4 is 39.1 Å². The summed E-state index contributed by atoms with van der Waals surface area (Å²) >= 11 is 12.0. The molecule has 8 heteroatoms. The zero-order chi connectivity index (χ0) is 18.0. The van der Waals surface area contributed by atoms with Crippen molar-refractivity contribution in [2.24, 2.45) is 5.92 Å². The Bertz CT molecular complexity index is 787. The van der Waals surface area contributed by atoms with Crippen LogP contribution in [0.1, 0.15) is 19.3 Å². The molecule has 0 aromatic heterocycles. The lowest BCUT2D eigenvalue weighted by atomic mass is 10.0. The number of rotatable bonds is 4. The summed E-state index contributed by atoms with van der Waals surface area (Å²) in [4.78, 5) is 14.1. The van der Waals surface area contributed by atoms with Gasteiger partial charge < -0.3 is 4.90 Å². The van der Waals surface area contributed by atoms with Crippen molar-refractivity contribution in [2.75, 3.05) is 26.2 Å². The Balaban J connectivity index is 1.64. The minimum absolute atomic E-state index is 0.0116. The molecule has 1 aromatic rings. The predicted molar refractivity (Wildman–Crippen MR) is 98.3 cm³/mol. The average molecular weight is 403 g/mol. The number of nitrogens with zero attached hydrogens (tertiary/aromatic N) is 2. The number of carbonyl (C=O) groups excluding carboxylic acids is 1. The van der Waals surface area contributed by atoms with Gasteiger partial charge in [0.15, 0.2) is 0 Å². The molecule has 25 heavy (non-hydrogen) atoms. The summed E-state index contributed by atoms with van der Waals surface area (Å²) in [6, 6.07) is 4.57. The molecule has 1 fully saturated rings. The van der Waals surface area contributed by atoms with Gasteiger partial charge in [-0.3, -0.25) is 4.79 Å². The van der Waals surface area contributed by atoms with Crippen molar-refractivity contribution in [3.05, 3.63) is 40.4 Å². The van der Waals surface area contributed by atoms with Gasteiger partial charge in [0.1, 0.15) is 4.90 Å². The van der Waals surface area contributed by atoms with Gasteiger partial charge in [-0.1, -0.05) is 41.4 Å². The molecule has 1 saturated heterocycles. The van der Waals surface area contributed by atoms with E-state index in [4.69, 9.17) is 23.2 Å². The molecule has 1 amide bonds. The molecular weight excluding hydrogens is 383 g/mol. The number of hydrogen-bond donors (Lipinski definition) is 0. The Labute approximate surface area is 158 Å². The largest absolute Gasteiger partial charge is 0.340 e. The van der Waals surface area contributed by atoms with Crippen LogP contribution in [-0.2, 0) is 14.8 Å². The van der Waals surface area contributed by atoms with Gasteiger partial charge in [0.2, 0.25) is 15.9 Å². The standard InChI is InChI=1S/C17H20Cl2N2O3S/c18-14-6-3-7-15(17(14)19)25(23,24)21-10-8-20(9-11-21)16(22)12-13-4-1-2-5-13/h1,3-4,6-7,13H,2,5,8-12H2/t13-/m0/s1. The van der Waals surface area contributed by atoms with Gasteiger partial charge >= 0.3 is 0 Å². The minimum atomic E-state index is -3.72. The molecule has 5 nitrogen and oxygen atoms in total. The average Bonchev–Trinajstić information content (AvgIpc) is 3.10. The first-order valence-electron chi connectivity index (χ1n) is 8.28. The van der Waals surface area contributed by atoms with Crippen LogP contribution in [0.5, 0.6) is 0 Å².